The van der Waals surface area contributed by atoms with Gasteiger partial charge in [0.15, 0.2) is 0 Å². The van der Waals surface area contributed by atoms with Gasteiger partial charge in [-0.25, -0.2) is 0 Å². The van der Waals surface area contributed by atoms with Gasteiger partial charge in [0.1, 0.15) is 17.2 Å². The highest BCUT2D eigenvalue weighted by molar-refractivity contribution is 5.95. The molecule has 1 amide bonds. The molecule has 0 bridgehead atoms. The number of aryl methyl sites for hydroxylation is 3. The number of nitrogens with two attached hydrogens (primary N) is 1. The molecule has 2 heterocycles. The van der Waals surface area contributed by atoms with E-state index in [0.29, 0.717) is 24.1 Å². The average Bonchev–Trinajstić information content (AvgIpc) is 2.88. The first kappa shape index (κ1) is 25.7. The Labute approximate surface area is 212 Å². The molecule has 1 saturated heterocycles. The summed E-state index contributed by atoms with van der Waals surface area (Å²) in [4.78, 5) is 16.6. The minimum Gasteiger partial charge on any atom is -0.507 e. The minimum atomic E-state index is -0.689. The Kier molecular flexibility index (Phi) is 8.23. The monoisotopic (exact) mass is 489 g/mol. The number of phenols is 1. The van der Waals surface area contributed by atoms with Crippen LogP contribution >= 0.6 is 0 Å². The van der Waals surface area contributed by atoms with E-state index in [0.717, 1.165) is 61.4 Å². The zero-order valence-corrected chi connectivity index (χ0v) is 21.3. The van der Waals surface area contributed by atoms with Gasteiger partial charge in [-0.2, -0.15) is 0 Å². The molecule has 4 N–H and O–H groups in total. The Balaban J connectivity index is 1.76. The van der Waals surface area contributed by atoms with Crippen LogP contribution in [0.2, 0.25) is 0 Å². The third-order valence-electron chi connectivity index (χ3n) is 6.80. The molecule has 3 aromatic rings. The Bertz CT molecular complexity index is 1210. The van der Waals surface area contributed by atoms with Crippen molar-refractivity contribution in [2.24, 2.45) is 5.73 Å². The molecule has 1 aromatic heterocycles. The fraction of sp³-hybridized carbons (Fsp3) is 0.379. The van der Waals surface area contributed by atoms with Crippen LogP contribution in [0, 0.1) is 6.92 Å². The highest BCUT2D eigenvalue weighted by Gasteiger charge is 2.20. The molecule has 190 valence electrons. The van der Waals surface area contributed by atoms with Gasteiger partial charge in [-0.1, -0.05) is 32.0 Å². The number of hydrogen-bond acceptors (Lipinski definition) is 6. The van der Waals surface area contributed by atoms with E-state index in [4.69, 9.17) is 20.2 Å². The Morgan fingerprint density at radius 2 is 1.83 bits per heavy atom. The molecular weight excluding hydrogens is 454 g/mol. The highest BCUT2D eigenvalue weighted by Crippen LogP contribution is 2.36. The van der Waals surface area contributed by atoms with Gasteiger partial charge in [0.05, 0.1) is 11.3 Å². The van der Waals surface area contributed by atoms with Crippen molar-refractivity contribution in [3.8, 4) is 28.5 Å². The number of ether oxygens (including phenoxy) is 2. The van der Waals surface area contributed by atoms with Gasteiger partial charge >= 0.3 is 0 Å². The molecule has 36 heavy (non-hydrogen) atoms. The van der Waals surface area contributed by atoms with Crippen molar-refractivity contribution in [3.05, 3.63) is 70.4 Å². The molecule has 7 heteroatoms. The summed E-state index contributed by atoms with van der Waals surface area (Å²) in [5.41, 5.74) is 11.7. The highest BCUT2D eigenvalue weighted by atomic mass is 16.5. The van der Waals surface area contributed by atoms with E-state index in [1.165, 1.54) is 23.3 Å². The summed E-state index contributed by atoms with van der Waals surface area (Å²) in [6.07, 6.45) is 3.73. The van der Waals surface area contributed by atoms with Crippen molar-refractivity contribution in [2.45, 2.75) is 59.0 Å². The molecule has 0 saturated carbocycles. The average molecular weight is 490 g/mol. The molecule has 1 aliphatic heterocycles. The molecule has 0 radical (unpaired) electrons. The van der Waals surface area contributed by atoms with Crippen molar-refractivity contribution in [1.82, 2.24) is 10.3 Å². The SMILES string of the molecule is CCc1cccc(CC)c1-c1cc(Oc2ccc(C(N)=O)c(O)c2)c(CNC2CCOCC2)c(C)n1. The normalized spacial score (nSPS) is 14.1. The molecular formula is C29H35N3O4. The van der Waals surface area contributed by atoms with Crippen LogP contribution in [0.4, 0.5) is 0 Å². The number of carbonyl (C=O) groups is 1. The van der Waals surface area contributed by atoms with Crippen LogP contribution in [0.25, 0.3) is 11.3 Å². The van der Waals surface area contributed by atoms with Crippen LogP contribution in [0.15, 0.2) is 42.5 Å². The molecule has 4 rings (SSSR count). The molecule has 1 fully saturated rings. The first-order chi connectivity index (χ1) is 17.4. The first-order valence-corrected chi connectivity index (χ1v) is 12.6. The molecule has 0 spiro atoms. The number of carbonyl (C=O) groups excluding carboxylic acids is 1. The number of hydrogen-bond donors (Lipinski definition) is 3. The Morgan fingerprint density at radius 1 is 1.14 bits per heavy atom. The van der Waals surface area contributed by atoms with Crippen LogP contribution < -0.4 is 15.8 Å². The maximum Gasteiger partial charge on any atom is 0.252 e. The topological polar surface area (TPSA) is 107 Å². The molecule has 0 unspecified atom stereocenters. The predicted molar refractivity (Wildman–Crippen MR) is 141 cm³/mol. The van der Waals surface area contributed by atoms with Gasteiger partial charge in [-0.3, -0.25) is 9.78 Å². The van der Waals surface area contributed by atoms with Crippen molar-refractivity contribution in [2.75, 3.05) is 13.2 Å². The summed E-state index contributed by atoms with van der Waals surface area (Å²) >= 11 is 0. The molecule has 2 aromatic carbocycles. The van der Waals surface area contributed by atoms with Crippen LogP contribution in [0.1, 0.15) is 59.4 Å². The quantitative estimate of drug-likeness (QED) is 0.388. The minimum absolute atomic E-state index is 0.0554. The smallest absolute Gasteiger partial charge is 0.252 e. The number of aromatic nitrogens is 1. The number of pyridine rings is 1. The van der Waals surface area contributed by atoms with Crippen molar-refractivity contribution < 1.29 is 19.4 Å². The van der Waals surface area contributed by atoms with E-state index in [2.05, 4.69) is 37.4 Å². The lowest BCUT2D eigenvalue weighted by molar-refractivity contribution is 0.0775. The third kappa shape index (κ3) is 5.69. The van der Waals surface area contributed by atoms with Crippen LogP contribution in [-0.2, 0) is 24.1 Å². The van der Waals surface area contributed by atoms with E-state index >= 15 is 0 Å². The summed E-state index contributed by atoms with van der Waals surface area (Å²) in [7, 11) is 0. The van der Waals surface area contributed by atoms with Gasteiger partial charge in [0.2, 0.25) is 0 Å². The third-order valence-corrected chi connectivity index (χ3v) is 6.80. The van der Waals surface area contributed by atoms with E-state index in [9.17, 15) is 9.90 Å². The standard InChI is InChI=1S/C29H35N3O4/c1-4-19-7-6-8-20(5-2)28(19)25-16-27(36-22-9-10-23(29(30)34)26(33)15-22)24(18(3)32-25)17-31-21-11-13-35-14-12-21/h6-10,15-16,21,31,33H,4-5,11-14,17H2,1-3H3,(H2,30,34). The second kappa shape index (κ2) is 11.5. The van der Waals surface area contributed by atoms with Crippen LogP contribution in [-0.4, -0.2) is 35.3 Å². The van der Waals surface area contributed by atoms with E-state index in [-0.39, 0.29) is 11.3 Å². The van der Waals surface area contributed by atoms with Crippen molar-refractivity contribution in [1.29, 1.82) is 0 Å². The lowest BCUT2D eigenvalue weighted by atomic mass is 9.94. The number of primary amides is 1. The fourth-order valence-corrected chi connectivity index (χ4v) is 4.73. The number of amides is 1. The summed E-state index contributed by atoms with van der Waals surface area (Å²) in [5.74, 6) is 0.181. The largest absolute Gasteiger partial charge is 0.507 e. The Hall–Kier alpha value is -3.42. The number of nitrogens with zero attached hydrogens (tertiary/aromatic N) is 1. The molecule has 0 atom stereocenters. The molecule has 1 aliphatic rings. The predicted octanol–water partition coefficient (Wildman–Crippen LogP) is 5.05. The number of nitrogens with one attached hydrogen (secondary N) is 1. The number of benzene rings is 2. The number of rotatable bonds is 9. The van der Waals surface area contributed by atoms with Crippen molar-refractivity contribution >= 4 is 5.91 Å². The van der Waals surface area contributed by atoms with Gasteiger partial charge in [0, 0.05) is 54.8 Å². The Morgan fingerprint density at radius 3 is 2.44 bits per heavy atom. The zero-order valence-electron chi connectivity index (χ0n) is 21.3. The van der Waals surface area contributed by atoms with E-state index < -0.39 is 5.91 Å². The summed E-state index contributed by atoms with van der Waals surface area (Å²) in [6.45, 7) is 8.42. The van der Waals surface area contributed by atoms with Crippen molar-refractivity contribution in [3.63, 3.8) is 0 Å². The second-order valence-electron chi connectivity index (χ2n) is 9.14. The lowest BCUT2D eigenvalue weighted by Gasteiger charge is -2.24. The maximum atomic E-state index is 11.5. The number of aromatic hydroxyl groups is 1. The van der Waals surface area contributed by atoms with E-state index in [1.54, 1.807) is 6.07 Å². The maximum absolute atomic E-state index is 11.5. The summed E-state index contributed by atoms with van der Waals surface area (Å²) in [6, 6.07) is 13.3. The second-order valence-corrected chi connectivity index (χ2v) is 9.14. The van der Waals surface area contributed by atoms with Crippen LogP contribution in [0.5, 0.6) is 17.2 Å². The summed E-state index contributed by atoms with van der Waals surface area (Å²) < 4.78 is 11.8. The van der Waals surface area contributed by atoms with Gasteiger partial charge < -0.3 is 25.6 Å². The summed E-state index contributed by atoms with van der Waals surface area (Å²) in [5, 5.41) is 13.9. The zero-order chi connectivity index (χ0) is 25.7. The van der Waals surface area contributed by atoms with Gasteiger partial charge in [0.25, 0.3) is 5.91 Å². The van der Waals surface area contributed by atoms with Gasteiger partial charge in [-0.05, 0) is 55.9 Å². The fourth-order valence-electron chi connectivity index (χ4n) is 4.73. The first-order valence-electron chi connectivity index (χ1n) is 12.6. The lowest BCUT2D eigenvalue weighted by Crippen LogP contribution is -2.34. The van der Waals surface area contributed by atoms with Gasteiger partial charge in [-0.15, -0.1) is 0 Å². The van der Waals surface area contributed by atoms with E-state index in [1.807, 2.05) is 13.0 Å². The van der Waals surface area contributed by atoms with Crippen LogP contribution in [0.3, 0.4) is 0 Å². The molecule has 7 nitrogen and oxygen atoms in total. The molecule has 0 aliphatic carbocycles.